The summed E-state index contributed by atoms with van der Waals surface area (Å²) in [4.78, 5) is 16.7. The van der Waals surface area contributed by atoms with Gasteiger partial charge in [-0.2, -0.15) is 0 Å². The van der Waals surface area contributed by atoms with Crippen molar-refractivity contribution in [3.8, 4) is 0 Å². The van der Waals surface area contributed by atoms with Gasteiger partial charge in [0, 0.05) is 12.1 Å². The fourth-order valence-corrected chi connectivity index (χ4v) is 2.77. The number of nitrogens with zero attached hydrogens (tertiary/aromatic N) is 2. The number of hydrogen-bond donors (Lipinski definition) is 1. The number of fused-ring (bicyclic) bond motifs is 1. The molecule has 0 saturated heterocycles. The summed E-state index contributed by atoms with van der Waals surface area (Å²) in [5, 5.41) is 2.78. The van der Waals surface area contributed by atoms with Crippen molar-refractivity contribution in [3.05, 3.63) is 42.1 Å². The fraction of sp³-hybridized carbons (Fsp3) is 0.412. The zero-order valence-corrected chi connectivity index (χ0v) is 14.0. The Kier molecular flexibility index (Phi) is 4.87. The van der Waals surface area contributed by atoms with Crippen molar-refractivity contribution >= 4 is 16.9 Å². The Morgan fingerprint density at radius 3 is 2.76 bits per heavy atom. The molecule has 0 bridgehead atoms. The number of carbonyl (C=O) groups excluding carboxylic acids is 1. The van der Waals surface area contributed by atoms with Crippen LogP contribution in [0.25, 0.3) is 11.0 Å². The van der Waals surface area contributed by atoms with E-state index in [0.29, 0.717) is 30.0 Å². The Balaban J connectivity index is 1.84. The first-order chi connectivity index (χ1) is 12.0. The number of ether oxygens (including phenoxy) is 2. The van der Waals surface area contributed by atoms with Crippen molar-refractivity contribution in [2.45, 2.75) is 19.9 Å². The summed E-state index contributed by atoms with van der Waals surface area (Å²) in [5.74, 6) is -1.78. The molecule has 2 heterocycles. The minimum Gasteiger partial charge on any atom is -0.494 e. The van der Waals surface area contributed by atoms with E-state index in [9.17, 15) is 13.6 Å². The minimum absolute atomic E-state index is 0.0944. The average Bonchev–Trinajstić information content (AvgIpc) is 2.97. The second-order valence-corrected chi connectivity index (χ2v) is 6.12. The summed E-state index contributed by atoms with van der Waals surface area (Å²) >= 11 is 0. The molecule has 25 heavy (non-hydrogen) atoms. The van der Waals surface area contributed by atoms with Gasteiger partial charge in [-0.05, 0) is 5.92 Å². The first-order valence-corrected chi connectivity index (χ1v) is 8.00. The van der Waals surface area contributed by atoms with E-state index in [1.807, 2.05) is 13.8 Å². The zero-order valence-electron chi connectivity index (χ0n) is 14.0. The number of nitrogens with one attached hydrogen (secondary N) is 1. The van der Waals surface area contributed by atoms with Gasteiger partial charge in [0.15, 0.2) is 11.6 Å². The Morgan fingerprint density at radius 1 is 1.32 bits per heavy atom. The van der Waals surface area contributed by atoms with Gasteiger partial charge in [0.1, 0.15) is 31.3 Å². The van der Waals surface area contributed by atoms with Crippen molar-refractivity contribution in [3.63, 3.8) is 0 Å². The van der Waals surface area contributed by atoms with E-state index in [0.717, 1.165) is 12.1 Å². The molecule has 1 N–H and O–H groups in total. The van der Waals surface area contributed by atoms with Gasteiger partial charge in [-0.25, -0.2) is 13.8 Å². The van der Waals surface area contributed by atoms with E-state index < -0.39 is 17.7 Å². The van der Waals surface area contributed by atoms with Crippen LogP contribution in [0.3, 0.4) is 0 Å². The van der Waals surface area contributed by atoms with Crippen molar-refractivity contribution < 1.29 is 23.0 Å². The van der Waals surface area contributed by atoms with Crippen LogP contribution >= 0.6 is 0 Å². The van der Waals surface area contributed by atoms with Crippen molar-refractivity contribution in [2.75, 3.05) is 19.8 Å². The topological polar surface area (TPSA) is 65.4 Å². The van der Waals surface area contributed by atoms with Crippen LogP contribution in [0.1, 0.15) is 19.9 Å². The molecule has 2 aromatic rings. The molecule has 1 aliphatic heterocycles. The Labute approximate surface area is 143 Å². The van der Waals surface area contributed by atoms with Crippen LogP contribution in [-0.2, 0) is 14.3 Å². The molecule has 134 valence electrons. The van der Waals surface area contributed by atoms with Crippen molar-refractivity contribution in [2.24, 2.45) is 5.92 Å². The van der Waals surface area contributed by atoms with Crippen LogP contribution in [0, 0.1) is 17.6 Å². The fourth-order valence-electron chi connectivity index (χ4n) is 2.77. The number of benzene rings is 1. The molecule has 1 atom stereocenters. The van der Waals surface area contributed by atoms with E-state index in [2.05, 4.69) is 10.3 Å². The quantitative estimate of drug-likeness (QED) is 0.899. The van der Waals surface area contributed by atoms with Crippen LogP contribution in [0.15, 0.2) is 30.5 Å². The lowest BCUT2D eigenvalue weighted by Crippen LogP contribution is -2.37. The highest BCUT2D eigenvalue weighted by atomic mass is 19.2. The maximum atomic E-state index is 13.6. The molecule has 0 spiro atoms. The van der Waals surface area contributed by atoms with E-state index in [-0.39, 0.29) is 18.4 Å². The van der Waals surface area contributed by atoms with Gasteiger partial charge in [0.25, 0.3) is 0 Å². The lowest BCUT2D eigenvalue weighted by molar-refractivity contribution is -0.125. The molecule has 1 aromatic carbocycles. The Morgan fingerprint density at radius 2 is 2.08 bits per heavy atom. The molecular weight excluding hydrogens is 332 g/mol. The van der Waals surface area contributed by atoms with E-state index >= 15 is 0 Å². The first-order valence-electron chi connectivity index (χ1n) is 8.00. The summed E-state index contributed by atoms with van der Waals surface area (Å²) in [6, 6.07) is 1.45. The Hall–Kier alpha value is -2.64. The highest BCUT2D eigenvalue weighted by Gasteiger charge is 2.26. The molecule has 0 radical (unpaired) electrons. The summed E-state index contributed by atoms with van der Waals surface area (Å²) in [5.41, 5.74) is 0.660. The molecule has 0 aliphatic carbocycles. The number of aromatic nitrogens is 2. The van der Waals surface area contributed by atoms with Crippen molar-refractivity contribution in [1.82, 2.24) is 14.9 Å². The van der Waals surface area contributed by atoms with Crippen LogP contribution in [0.2, 0.25) is 0 Å². The summed E-state index contributed by atoms with van der Waals surface area (Å²) in [7, 11) is 0. The molecule has 0 fully saturated rings. The number of halogens is 2. The predicted molar refractivity (Wildman–Crippen MR) is 86.5 cm³/mol. The van der Waals surface area contributed by atoms with E-state index in [1.165, 1.54) is 12.6 Å². The van der Waals surface area contributed by atoms with Gasteiger partial charge in [-0.15, -0.1) is 0 Å². The standard InChI is InChI=1S/C17H19F2N3O3/c1-10(2)16(17(23)20-7-11-8-24-3-4-25-11)22-9-21-14-5-12(18)13(19)6-15(14)22/h5-6,8-10,16H,3-4,7H2,1-2H3,(H,20,23)/t16-/m0/s1. The molecule has 0 unspecified atom stereocenters. The zero-order chi connectivity index (χ0) is 18.0. The summed E-state index contributed by atoms with van der Waals surface area (Å²) < 4.78 is 39.1. The predicted octanol–water partition coefficient (Wildman–Crippen LogP) is 2.52. The molecule has 1 amide bonds. The number of rotatable bonds is 5. The molecule has 6 nitrogen and oxygen atoms in total. The third-order valence-corrected chi connectivity index (χ3v) is 3.96. The second kappa shape index (κ2) is 7.08. The average molecular weight is 351 g/mol. The minimum atomic E-state index is -0.977. The second-order valence-electron chi connectivity index (χ2n) is 6.12. The van der Waals surface area contributed by atoms with Gasteiger partial charge in [-0.3, -0.25) is 4.79 Å². The van der Waals surface area contributed by atoms with E-state index in [1.54, 1.807) is 4.57 Å². The lowest BCUT2D eigenvalue weighted by Gasteiger charge is -2.23. The number of hydrogen-bond acceptors (Lipinski definition) is 4. The van der Waals surface area contributed by atoms with E-state index in [4.69, 9.17) is 9.47 Å². The first kappa shape index (κ1) is 17.2. The number of imidazole rings is 1. The van der Waals surface area contributed by atoms with Crippen LogP contribution in [0.4, 0.5) is 8.78 Å². The smallest absolute Gasteiger partial charge is 0.243 e. The van der Waals surface area contributed by atoms with Crippen LogP contribution in [-0.4, -0.2) is 35.2 Å². The summed E-state index contributed by atoms with van der Waals surface area (Å²) in [6.07, 6.45) is 2.90. The molecule has 3 rings (SSSR count). The SMILES string of the molecule is CC(C)[C@@H](C(=O)NCC1=COCCO1)n1cnc2cc(F)c(F)cc21. The highest BCUT2D eigenvalue weighted by molar-refractivity contribution is 5.84. The normalized spacial score (nSPS) is 15.5. The third kappa shape index (κ3) is 3.57. The lowest BCUT2D eigenvalue weighted by atomic mass is 10.0. The molecule has 8 heteroatoms. The molecule has 1 aliphatic rings. The van der Waals surface area contributed by atoms with Gasteiger partial charge in [0.2, 0.25) is 5.91 Å². The van der Waals surface area contributed by atoms with Crippen LogP contribution in [0.5, 0.6) is 0 Å². The third-order valence-electron chi connectivity index (χ3n) is 3.96. The van der Waals surface area contributed by atoms with Gasteiger partial charge in [-0.1, -0.05) is 13.8 Å². The number of carbonyl (C=O) groups is 1. The molecule has 1 aromatic heterocycles. The Bertz CT molecular complexity index is 817. The highest BCUT2D eigenvalue weighted by Crippen LogP contribution is 2.25. The molecular formula is C17H19F2N3O3. The monoisotopic (exact) mass is 351 g/mol. The van der Waals surface area contributed by atoms with Crippen molar-refractivity contribution in [1.29, 1.82) is 0 Å². The maximum absolute atomic E-state index is 13.6. The van der Waals surface area contributed by atoms with Gasteiger partial charge >= 0.3 is 0 Å². The van der Waals surface area contributed by atoms with Crippen LogP contribution < -0.4 is 5.32 Å². The summed E-state index contributed by atoms with van der Waals surface area (Å²) in [6.45, 7) is 4.85. The van der Waals surface area contributed by atoms with Gasteiger partial charge < -0.3 is 19.4 Å². The maximum Gasteiger partial charge on any atom is 0.243 e. The van der Waals surface area contributed by atoms with Gasteiger partial charge in [0.05, 0.1) is 23.9 Å². The number of amides is 1. The molecule has 0 saturated carbocycles. The largest absolute Gasteiger partial charge is 0.494 e.